The van der Waals surface area contributed by atoms with Gasteiger partial charge in [0.25, 0.3) is 7.82 Å². The van der Waals surface area contributed by atoms with E-state index in [1.165, 1.54) is 64.5 Å². The number of hydrogen-bond acceptors (Lipinski definition) is 4. The zero-order valence-corrected chi connectivity index (χ0v) is 20.9. The highest BCUT2D eigenvalue weighted by Crippen LogP contribution is 2.38. The third kappa shape index (κ3) is 18.1. The van der Waals surface area contributed by atoms with Crippen molar-refractivity contribution in [3.63, 3.8) is 0 Å². The highest BCUT2D eigenvalue weighted by Gasteiger charge is 2.07. The summed E-state index contributed by atoms with van der Waals surface area (Å²) in [6.07, 6.45) is 20.8. The highest BCUT2D eigenvalue weighted by atomic mass is 31.2. The standard InChI is InChI=1S/C15H29N2.C8H19O4P/c1-3-5-7-8-9-10-12-17-14-13-16(15-17)11-6-4-2;1-3-5-7-11-13(9,10)12-8-6-4-2/h13-15H,3-12H2,1-2H3;3-8H2,1-2H3,(H,9,10)/q+1;/p-1. The third-order valence-corrected chi connectivity index (χ3v) is 5.78. The molecule has 0 atom stereocenters. The fourth-order valence-electron chi connectivity index (χ4n) is 2.80. The molecule has 1 aromatic rings. The minimum atomic E-state index is -4.00. The van der Waals surface area contributed by atoms with E-state index in [9.17, 15) is 9.46 Å². The molecule has 0 aliphatic rings. The van der Waals surface area contributed by atoms with Gasteiger partial charge in [-0.15, -0.1) is 0 Å². The number of aromatic nitrogens is 2. The van der Waals surface area contributed by atoms with Crippen molar-refractivity contribution in [1.82, 2.24) is 4.57 Å². The number of phosphoric ester groups is 1. The maximum Gasteiger partial charge on any atom is 0.267 e. The summed E-state index contributed by atoms with van der Waals surface area (Å²) in [7, 11) is -4.00. The van der Waals surface area contributed by atoms with Gasteiger partial charge in [-0.2, -0.15) is 0 Å². The summed E-state index contributed by atoms with van der Waals surface area (Å²) in [6.45, 7) is 11.3. The van der Waals surface area contributed by atoms with Crippen LogP contribution in [0.1, 0.15) is 105 Å². The average molecular weight is 447 g/mol. The molecule has 0 unspecified atom stereocenters. The maximum atomic E-state index is 11.0. The Balaban J connectivity index is 0.000000584. The van der Waals surface area contributed by atoms with Crippen LogP contribution in [0.25, 0.3) is 0 Å². The second-order valence-corrected chi connectivity index (χ2v) is 9.24. The van der Waals surface area contributed by atoms with E-state index in [2.05, 4.69) is 50.8 Å². The van der Waals surface area contributed by atoms with E-state index in [4.69, 9.17) is 0 Å². The van der Waals surface area contributed by atoms with E-state index in [-0.39, 0.29) is 13.2 Å². The van der Waals surface area contributed by atoms with Crippen LogP contribution in [0.4, 0.5) is 0 Å². The van der Waals surface area contributed by atoms with E-state index in [1.807, 2.05) is 13.8 Å². The summed E-state index contributed by atoms with van der Waals surface area (Å²) in [5.41, 5.74) is 0. The van der Waals surface area contributed by atoms with Gasteiger partial charge in [0.15, 0.2) is 0 Å². The van der Waals surface area contributed by atoms with Gasteiger partial charge in [0.05, 0.1) is 26.3 Å². The molecule has 178 valence electrons. The fraction of sp³-hybridized carbons (Fsp3) is 0.870. The Morgan fingerprint density at radius 1 is 0.800 bits per heavy atom. The third-order valence-electron chi connectivity index (χ3n) is 4.78. The van der Waals surface area contributed by atoms with E-state index < -0.39 is 7.82 Å². The number of aryl methyl sites for hydroxylation is 2. The van der Waals surface area contributed by atoms with Gasteiger partial charge in [-0.25, -0.2) is 9.13 Å². The number of unbranched alkanes of at least 4 members (excludes halogenated alkanes) is 8. The Hall–Kier alpha value is -0.680. The predicted molar refractivity (Wildman–Crippen MR) is 122 cm³/mol. The molecule has 0 N–H and O–H groups in total. The molecule has 1 aromatic heterocycles. The minimum Gasteiger partial charge on any atom is -0.756 e. The molecular formula is C23H47N2O4P. The monoisotopic (exact) mass is 446 g/mol. The summed E-state index contributed by atoms with van der Waals surface area (Å²) in [5.74, 6) is 0. The normalized spacial score (nSPS) is 11.4. The summed E-state index contributed by atoms with van der Waals surface area (Å²) in [4.78, 5) is 11.0. The molecule has 1 rings (SSSR count). The molecule has 0 fully saturated rings. The Morgan fingerprint density at radius 2 is 1.33 bits per heavy atom. The van der Waals surface area contributed by atoms with Gasteiger partial charge in [0.1, 0.15) is 12.4 Å². The number of rotatable bonds is 18. The largest absolute Gasteiger partial charge is 0.756 e. The lowest BCUT2D eigenvalue weighted by atomic mass is 10.1. The van der Waals surface area contributed by atoms with E-state index >= 15 is 0 Å². The molecule has 0 aliphatic heterocycles. The summed E-state index contributed by atoms with van der Waals surface area (Å²) < 4.78 is 24.8. The molecule has 0 amide bonds. The van der Waals surface area contributed by atoms with Gasteiger partial charge >= 0.3 is 0 Å². The van der Waals surface area contributed by atoms with E-state index in [0.717, 1.165) is 25.7 Å². The van der Waals surface area contributed by atoms with Crippen LogP contribution < -0.4 is 9.46 Å². The number of nitrogens with zero attached hydrogens (tertiary/aromatic N) is 2. The molecule has 30 heavy (non-hydrogen) atoms. The van der Waals surface area contributed by atoms with Gasteiger partial charge in [-0.05, 0) is 32.1 Å². The second-order valence-electron chi connectivity index (χ2n) is 7.83. The Labute approximate surface area is 185 Å². The van der Waals surface area contributed by atoms with Crippen LogP contribution in [0.5, 0.6) is 0 Å². The number of phosphoric acid groups is 1. The Kier molecular flexibility index (Phi) is 19.8. The molecule has 0 saturated carbocycles. The smallest absolute Gasteiger partial charge is 0.267 e. The molecule has 6 nitrogen and oxygen atoms in total. The lowest BCUT2D eigenvalue weighted by molar-refractivity contribution is -0.696. The molecule has 1 heterocycles. The van der Waals surface area contributed by atoms with Crippen molar-refractivity contribution in [2.45, 2.75) is 118 Å². The summed E-state index contributed by atoms with van der Waals surface area (Å²) >= 11 is 0. The average Bonchev–Trinajstić information content (AvgIpc) is 3.17. The van der Waals surface area contributed by atoms with Crippen molar-refractivity contribution >= 4 is 7.82 Å². The van der Waals surface area contributed by atoms with Gasteiger partial charge in [0.2, 0.25) is 6.33 Å². The molecule has 0 bridgehead atoms. The van der Waals surface area contributed by atoms with Crippen LogP contribution in [0.2, 0.25) is 0 Å². The molecule has 7 heteroatoms. The van der Waals surface area contributed by atoms with Crippen LogP contribution in [0.3, 0.4) is 0 Å². The van der Waals surface area contributed by atoms with Gasteiger partial charge < -0.3 is 13.9 Å². The zero-order chi connectivity index (χ0) is 22.5. The first kappa shape index (κ1) is 29.3. The van der Waals surface area contributed by atoms with Crippen molar-refractivity contribution < 1.29 is 23.1 Å². The van der Waals surface area contributed by atoms with Gasteiger partial charge in [-0.3, -0.25) is 4.57 Å². The van der Waals surface area contributed by atoms with Gasteiger partial charge in [0, 0.05) is 0 Å². The summed E-state index contributed by atoms with van der Waals surface area (Å²) in [5, 5.41) is 0. The highest BCUT2D eigenvalue weighted by molar-refractivity contribution is 7.45. The van der Waals surface area contributed by atoms with Crippen molar-refractivity contribution in [2.75, 3.05) is 13.2 Å². The first-order valence-corrected chi connectivity index (χ1v) is 13.6. The molecule has 0 spiro atoms. The van der Waals surface area contributed by atoms with Crippen LogP contribution in [-0.2, 0) is 26.7 Å². The molecule has 0 saturated heterocycles. The molecule has 0 aliphatic carbocycles. The summed E-state index contributed by atoms with van der Waals surface area (Å²) in [6, 6.07) is 0. The quantitative estimate of drug-likeness (QED) is 0.157. The fourth-order valence-corrected chi connectivity index (χ4v) is 3.58. The van der Waals surface area contributed by atoms with Crippen LogP contribution in [0, 0.1) is 0 Å². The predicted octanol–water partition coefficient (Wildman–Crippen LogP) is 6.02. The van der Waals surface area contributed by atoms with E-state index in [0.29, 0.717) is 0 Å². The first-order valence-electron chi connectivity index (χ1n) is 12.1. The van der Waals surface area contributed by atoms with Crippen molar-refractivity contribution in [3.05, 3.63) is 18.7 Å². The van der Waals surface area contributed by atoms with Crippen molar-refractivity contribution in [1.29, 1.82) is 0 Å². The topological polar surface area (TPSA) is 67.4 Å². The van der Waals surface area contributed by atoms with Crippen LogP contribution >= 0.6 is 7.82 Å². The Bertz CT molecular complexity index is 523. The van der Waals surface area contributed by atoms with Gasteiger partial charge in [-0.1, -0.05) is 72.6 Å². The van der Waals surface area contributed by atoms with E-state index in [1.54, 1.807) is 0 Å². The molecular weight excluding hydrogens is 399 g/mol. The lowest BCUT2D eigenvalue weighted by Gasteiger charge is -2.22. The van der Waals surface area contributed by atoms with Crippen LogP contribution in [0.15, 0.2) is 18.7 Å². The molecule has 0 radical (unpaired) electrons. The second kappa shape index (κ2) is 20.2. The first-order chi connectivity index (χ1) is 14.5. The maximum absolute atomic E-state index is 11.0. The Morgan fingerprint density at radius 3 is 1.90 bits per heavy atom. The SMILES string of the molecule is CCCCCCCC[n+]1ccn(CCCC)c1.CCCCOP(=O)([O-])OCCCC. The zero-order valence-electron chi connectivity index (χ0n) is 20.0. The van der Waals surface area contributed by atoms with Crippen molar-refractivity contribution in [3.8, 4) is 0 Å². The van der Waals surface area contributed by atoms with Crippen LogP contribution in [-0.4, -0.2) is 17.8 Å². The number of hydrogen-bond donors (Lipinski definition) is 0. The number of imidazole rings is 1. The molecule has 0 aromatic carbocycles. The minimum absolute atomic E-state index is 0.226. The van der Waals surface area contributed by atoms with Crippen molar-refractivity contribution in [2.24, 2.45) is 0 Å². The lowest BCUT2D eigenvalue weighted by Crippen LogP contribution is -2.30.